The number of amides is 1. The Morgan fingerprint density at radius 3 is 3.00 bits per heavy atom. The van der Waals surface area contributed by atoms with Crippen molar-refractivity contribution < 1.29 is 9.53 Å². The summed E-state index contributed by atoms with van der Waals surface area (Å²) >= 11 is 0. The molecule has 1 saturated heterocycles. The quantitative estimate of drug-likeness (QED) is 0.440. The van der Waals surface area contributed by atoms with E-state index in [4.69, 9.17) is 4.74 Å². The van der Waals surface area contributed by atoms with Crippen molar-refractivity contribution in [3.05, 3.63) is 11.8 Å². The Bertz CT molecular complexity index is 846. The van der Waals surface area contributed by atoms with Crippen molar-refractivity contribution >= 4 is 23.8 Å². The number of anilines is 1. The number of nitrogens with zero attached hydrogens (tertiary/aromatic N) is 6. The second kappa shape index (κ2) is 7.32. The van der Waals surface area contributed by atoms with Gasteiger partial charge in [-0.1, -0.05) is 5.92 Å². The van der Waals surface area contributed by atoms with Crippen molar-refractivity contribution in [2.75, 3.05) is 45.2 Å². The van der Waals surface area contributed by atoms with Crippen LogP contribution in [-0.2, 0) is 4.79 Å². The number of aromatic nitrogens is 1. The molecule has 1 atom stereocenters. The Hall–Kier alpha value is -3.26. The van der Waals surface area contributed by atoms with E-state index in [9.17, 15) is 10.1 Å². The zero-order valence-electron chi connectivity index (χ0n) is 15.1. The van der Waals surface area contributed by atoms with E-state index in [1.165, 1.54) is 0 Å². The number of nitriles is 1. The molecule has 134 valence electrons. The molecule has 3 rings (SSSR count). The minimum absolute atomic E-state index is 0.00553. The third-order valence-electron chi connectivity index (χ3n) is 4.19. The predicted molar refractivity (Wildman–Crippen MR) is 97.5 cm³/mol. The first-order valence-corrected chi connectivity index (χ1v) is 8.30. The SMILES string of the molecule is CC#CC(=O)N1CCN2c3nc(C#N)c(N=CN(C)C)cc3OC[C@@H]2C1. The Labute approximate surface area is 152 Å². The van der Waals surface area contributed by atoms with Crippen LogP contribution in [0.25, 0.3) is 0 Å². The molecule has 1 aromatic rings. The second-order valence-corrected chi connectivity index (χ2v) is 6.28. The summed E-state index contributed by atoms with van der Waals surface area (Å²) in [5.41, 5.74) is 0.729. The molecule has 0 unspecified atom stereocenters. The van der Waals surface area contributed by atoms with Gasteiger partial charge in [0.15, 0.2) is 17.3 Å². The van der Waals surface area contributed by atoms with Gasteiger partial charge in [0.05, 0.1) is 12.4 Å². The predicted octanol–water partition coefficient (Wildman–Crippen LogP) is 0.608. The highest BCUT2D eigenvalue weighted by Crippen LogP contribution is 2.37. The lowest BCUT2D eigenvalue weighted by Crippen LogP contribution is -2.58. The van der Waals surface area contributed by atoms with Crippen LogP contribution in [-0.4, -0.2) is 73.4 Å². The summed E-state index contributed by atoms with van der Waals surface area (Å²) in [5.74, 6) is 6.30. The highest BCUT2D eigenvalue weighted by molar-refractivity contribution is 5.93. The Morgan fingerprint density at radius 1 is 1.50 bits per heavy atom. The van der Waals surface area contributed by atoms with Crippen LogP contribution in [0.1, 0.15) is 12.6 Å². The second-order valence-electron chi connectivity index (χ2n) is 6.28. The molecule has 26 heavy (non-hydrogen) atoms. The van der Waals surface area contributed by atoms with Crippen molar-refractivity contribution in [3.8, 4) is 23.7 Å². The van der Waals surface area contributed by atoms with Gasteiger partial charge in [-0.2, -0.15) is 5.26 Å². The fourth-order valence-electron chi connectivity index (χ4n) is 2.98. The van der Waals surface area contributed by atoms with Crippen LogP contribution in [0, 0.1) is 23.2 Å². The number of carbonyl (C=O) groups excluding carboxylic acids is 1. The monoisotopic (exact) mass is 352 g/mol. The van der Waals surface area contributed by atoms with Crippen molar-refractivity contribution in [2.24, 2.45) is 4.99 Å². The molecule has 2 aliphatic heterocycles. The van der Waals surface area contributed by atoms with Gasteiger partial charge in [-0.15, -0.1) is 0 Å². The van der Waals surface area contributed by atoms with Crippen molar-refractivity contribution in [2.45, 2.75) is 13.0 Å². The van der Waals surface area contributed by atoms with E-state index >= 15 is 0 Å². The topological polar surface area (TPSA) is 85.1 Å². The fraction of sp³-hybridized carbons (Fsp3) is 0.444. The standard InChI is InChI=1S/C18H20N6O2/c1-4-5-17(25)23-6-7-24-13(10-23)11-26-16-8-14(20-12-22(2)3)15(9-19)21-18(16)24/h8,12-13H,6-7,10-11H2,1-3H3/t13-/m0/s1. The first-order valence-electron chi connectivity index (χ1n) is 8.30. The molecular formula is C18H20N6O2. The maximum Gasteiger partial charge on any atom is 0.298 e. The summed E-state index contributed by atoms with van der Waals surface area (Å²) in [6.07, 6.45) is 1.62. The molecular weight excluding hydrogens is 332 g/mol. The first-order chi connectivity index (χ1) is 12.5. The lowest BCUT2D eigenvalue weighted by molar-refractivity contribution is -0.126. The van der Waals surface area contributed by atoms with Crippen molar-refractivity contribution in [1.82, 2.24) is 14.8 Å². The van der Waals surface area contributed by atoms with Gasteiger partial charge in [-0.3, -0.25) is 4.79 Å². The van der Waals surface area contributed by atoms with Gasteiger partial charge in [0.25, 0.3) is 5.91 Å². The maximum atomic E-state index is 12.0. The maximum absolute atomic E-state index is 12.0. The average molecular weight is 352 g/mol. The molecule has 0 spiro atoms. The largest absolute Gasteiger partial charge is 0.487 e. The van der Waals surface area contributed by atoms with Crippen LogP contribution in [0.2, 0.25) is 0 Å². The number of hydrogen-bond donors (Lipinski definition) is 0. The number of piperazine rings is 1. The van der Waals surface area contributed by atoms with Gasteiger partial charge in [0, 0.05) is 39.8 Å². The first kappa shape index (κ1) is 17.6. The Kier molecular flexibility index (Phi) is 4.94. The minimum Gasteiger partial charge on any atom is -0.487 e. The van der Waals surface area contributed by atoms with Crippen LogP contribution in [0.4, 0.5) is 11.5 Å². The summed E-state index contributed by atoms with van der Waals surface area (Å²) in [6.45, 7) is 3.81. The normalized spacial score (nSPS) is 18.2. The number of fused-ring (bicyclic) bond motifs is 3. The van der Waals surface area contributed by atoms with E-state index in [2.05, 4.69) is 32.8 Å². The molecule has 0 aromatic carbocycles. The smallest absolute Gasteiger partial charge is 0.298 e. The Balaban J connectivity index is 1.87. The molecule has 1 fully saturated rings. The molecule has 8 heteroatoms. The zero-order valence-corrected chi connectivity index (χ0v) is 15.1. The lowest BCUT2D eigenvalue weighted by atomic mass is 10.1. The molecule has 1 aromatic heterocycles. The summed E-state index contributed by atoms with van der Waals surface area (Å²) in [6, 6.07) is 3.84. The van der Waals surface area contributed by atoms with E-state index < -0.39 is 0 Å². The molecule has 0 radical (unpaired) electrons. The van der Waals surface area contributed by atoms with Gasteiger partial charge in [-0.05, 0) is 12.8 Å². The number of aliphatic imine (C=N–C) groups is 1. The van der Waals surface area contributed by atoms with Crippen molar-refractivity contribution in [1.29, 1.82) is 5.26 Å². The third kappa shape index (κ3) is 3.40. The number of hydrogen-bond acceptors (Lipinski definition) is 6. The van der Waals surface area contributed by atoms with E-state index in [1.807, 2.05) is 14.1 Å². The lowest BCUT2D eigenvalue weighted by Gasteiger charge is -2.44. The summed E-state index contributed by atoms with van der Waals surface area (Å²) in [5, 5.41) is 9.43. The molecule has 1 amide bonds. The zero-order chi connectivity index (χ0) is 18.7. The van der Waals surface area contributed by atoms with Crippen LogP contribution in [0.15, 0.2) is 11.1 Å². The van der Waals surface area contributed by atoms with Gasteiger partial charge in [-0.25, -0.2) is 9.98 Å². The minimum atomic E-state index is -0.169. The van der Waals surface area contributed by atoms with Gasteiger partial charge < -0.3 is 19.4 Å². The van der Waals surface area contributed by atoms with E-state index in [0.29, 0.717) is 43.5 Å². The van der Waals surface area contributed by atoms with E-state index in [0.717, 1.165) is 0 Å². The van der Waals surface area contributed by atoms with Gasteiger partial charge >= 0.3 is 0 Å². The summed E-state index contributed by atoms with van der Waals surface area (Å²) in [4.78, 5) is 26.4. The molecule has 8 nitrogen and oxygen atoms in total. The molecule has 2 aliphatic rings. The van der Waals surface area contributed by atoms with Gasteiger partial charge in [0.1, 0.15) is 18.4 Å². The van der Waals surface area contributed by atoms with E-state index in [-0.39, 0.29) is 17.6 Å². The van der Waals surface area contributed by atoms with Gasteiger partial charge in [0.2, 0.25) is 0 Å². The average Bonchev–Trinajstić information content (AvgIpc) is 2.65. The molecule has 0 saturated carbocycles. The number of pyridine rings is 1. The highest BCUT2D eigenvalue weighted by atomic mass is 16.5. The van der Waals surface area contributed by atoms with Crippen LogP contribution >= 0.6 is 0 Å². The number of ether oxygens (including phenoxy) is 1. The van der Waals surface area contributed by atoms with E-state index in [1.54, 1.807) is 29.1 Å². The molecule has 0 N–H and O–H groups in total. The van der Waals surface area contributed by atoms with Crippen molar-refractivity contribution in [3.63, 3.8) is 0 Å². The fourth-order valence-corrected chi connectivity index (χ4v) is 2.98. The highest BCUT2D eigenvalue weighted by Gasteiger charge is 2.35. The summed E-state index contributed by atoms with van der Waals surface area (Å²) < 4.78 is 5.85. The number of rotatable bonds is 2. The molecule has 0 bridgehead atoms. The number of carbonyl (C=O) groups is 1. The summed E-state index contributed by atoms with van der Waals surface area (Å²) in [7, 11) is 3.71. The third-order valence-corrected chi connectivity index (χ3v) is 4.19. The van der Waals surface area contributed by atoms with Crippen LogP contribution in [0.3, 0.4) is 0 Å². The Morgan fingerprint density at radius 2 is 2.31 bits per heavy atom. The molecule has 0 aliphatic carbocycles. The van der Waals surface area contributed by atoms with Crippen LogP contribution < -0.4 is 9.64 Å². The molecule has 3 heterocycles. The van der Waals surface area contributed by atoms with Crippen LogP contribution in [0.5, 0.6) is 5.75 Å².